The fourth-order valence-corrected chi connectivity index (χ4v) is 8.29. The van der Waals surface area contributed by atoms with Crippen LogP contribution in [0.1, 0.15) is 94.2 Å². The maximum absolute atomic E-state index is 13.3. The van der Waals surface area contributed by atoms with Crippen molar-refractivity contribution in [2.75, 3.05) is 18.0 Å². The second-order valence-corrected chi connectivity index (χ2v) is 14.2. The Bertz CT molecular complexity index is 1310. The minimum Gasteiger partial charge on any atom is -0.393 e. The number of aliphatic hydroxyl groups excluding tert-OH is 1. The first-order chi connectivity index (χ1) is 19.5. The predicted molar refractivity (Wildman–Crippen MR) is 161 cm³/mol. The largest absolute Gasteiger partial charge is 0.393 e. The molecule has 2 amide bonds. The van der Waals surface area contributed by atoms with Gasteiger partial charge in [0.25, 0.3) is 5.91 Å². The molecule has 1 saturated heterocycles. The number of aryl methyl sites for hydroxylation is 2. The molecule has 0 radical (unpaired) electrons. The molecule has 0 bridgehead atoms. The molecule has 2 N–H and O–H groups in total. The van der Waals surface area contributed by atoms with Gasteiger partial charge in [-0.25, -0.2) is 8.42 Å². The van der Waals surface area contributed by atoms with Gasteiger partial charge in [-0.2, -0.15) is 4.31 Å². The molecule has 0 aromatic heterocycles. The molecule has 10 heteroatoms. The molecule has 0 atom stereocenters. The van der Waals surface area contributed by atoms with E-state index in [0.29, 0.717) is 31.6 Å². The van der Waals surface area contributed by atoms with Crippen molar-refractivity contribution >= 4 is 39.4 Å². The van der Waals surface area contributed by atoms with E-state index in [4.69, 9.17) is 4.99 Å². The van der Waals surface area contributed by atoms with Crippen LogP contribution >= 0.6 is 0 Å². The Labute approximate surface area is 244 Å². The molecule has 4 aliphatic rings. The maximum Gasteiger partial charge on any atom is 0.253 e. The minimum absolute atomic E-state index is 0.0370. The van der Waals surface area contributed by atoms with E-state index in [9.17, 15) is 23.1 Å². The van der Waals surface area contributed by atoms with Crippen molar-refractivity contribution < 1.29 is 23.1 Å². The number of sulfonamides is 1. The Hall–Kier alpha value is -2.56. The second kappa shape index (κ2) is 12.0. The standard InChI is InChI=1S/C31H44N4O5S/c1-21-19-26(35(23(3)36)25-9-11-27(37)12-10-25)20-22(2)28(21)13-18-41(39,40)34-16-14-31(15-17-34)30(38)32-29(33-31)24-7-5-4-6-8-24/h13,18-20,24-25,27,37H,4-12,14-17H2,1-3H3,(H,32,33,38). The summed E-state index contributed by atoms with van der Waals surface area (Å²) in [6, 6.07) is 3.93. The third-order valence-corrected chi connectivity index (χ3v) is 11.1. The van der Waals surface area contributed by atoms with E-state index in [1.165, 1.54) is 16.1 Å². The number of hydrogen-bond acceptors (Lipinski definition) is 6. The molecule has 1 aromatic rings. The molecule has 1 aromatic carbocycles. The van der Waals surface area contributed by atoms with Gasteiger partial charge in [-0.3, -0.25) is 14.6 Å². The Kier molecular flexibility index (Phi) is 8.74. The summed E-state index contributed by atoms with van der Waals surface area (Å²) in [6.07, 6.45) is 10.6. The van der Waals surface area contributed by atoms with Crippen LogP contribution in [-0.4, -0.2) is 66.3 Å². The van der Waals surface area contributed by atoms with E-state index >= 15 is 0 Å². The Morgan fingerprint density at radius 1 is 1.05 bits per heavy atom. The number of aliphatic imine (C=N–C) groups is 1. The van der Waals surface area contributed by atoms with Crippen LogP contribution in [0.25, 0.3) is 6.08 Å². The zero-order chi connectivity index (χ0) is 29.4. The number of hydrogen-bond donors (Lipinski definition) is 2. The number of benzene rings is 1. The first-order valence-electron chi connectivity index (χ1n) is 15.2. The lowest BCUT2D eigenvalue weighted by Gasteiger charge is -2.35. The highest BCUT2D eigenvalue weighted by atomic mass is 32.2. The molecule has 9 nitrogen and oxygen atoms in total. The highest BCUT2D eigenvalue weighted by molar-refractivity contribution is 7.92. The van der Waals surface area contributed by atoms with Gasteiger partial charge in [0.15, 0.2) is 0 Å². The summed E-state index contributed by atoms with van der Waals surface area (Å²) in [5.41, 5.74) is 2.55. The Balaban J connectivity index is 1.27. The fraction of sp³-hybridized carbons (Fsp3) is 0.645. The summed E-state index contributed by atoms with van der Waals surface area (Å²) in [4.78, 5) is 32.2. The number of nitrogens with zero attached hydrogens (tertiary/aromatic N) is 3. The third kappa shape index (κ3) is 6.29. The van der Waals surface area contributed by atoms with Crippen molar-refractivity contribution in [1.29, 1.82) is 0 Å². The van der Waals surface area contributed by atoms with E-state index in [0.717, 1.165) is 66.7 Å². The second-order valence-electron chi connectivity index (χ2n) is 12.4. The Morgan fingerprint density at radius 3 is 2.24 bits per heavy atom. The van der Waals surface area contributed by atoms with Gasteiger partial charge in [0.1, 0.15) is 11.4 Å². The third-order valence-electron chi connectivity index (χ3n) is 9.53. The average Bonchev–Trinajstić information content (AvgIpc) is 3.25. The van der Waals surface area contributed by atoms with Crippen molar-refractivity contribution in [3.05, 3.63) is 34.2 Å². The van der Waals surface area contributed by atoms with Crippen molar-refractivity contribution in [1.82, 2.24) is 9.62 Å². The molecule has 2 heterocycles. The summed E-state index contributed by atoms with van der Waals surface area (Å²) in [5.74, 6) is 1.00. The molecule has 2 aliphatic carbocycles. The molecule has 2 saturated carbocycles. The molecule has 41 heavy (non-hydrogen) atoms. The number of piperidine rings is 1. The van der Waals surface area contributed by atoms with E-state index in [2.05, 4.69) is 5.32 Å². The van der Waals surface area contributed by atoms with Crippen LogP contribution in [0.15, 0.2) is 22.5 Å². The fourth-order valence-electron chi connectivity index (χ4n) is 7.12. The van der Waals surface area contributed by atoms with Gasteiger partial charge in [0.05, 0.1) is 6.10 Å². The van der Waals surface area contributed by atoms with E-state index in [-0.39, 0.29) is 37.0 Å². The number of rotatable bonds is 6. The lowest BCUT2D eigenvalue weighted by molar-refractivity contribution is -0.125. The van der Waals surface area contributed by atoms with E-state index in [1.54, 1.807) is 13.0 Å². The van der Waals surface area contributed by atoms with Gasteiger partial charge in [-0.15, -0.1) is 0 Å². The van der Waals surface area contributed by atoms with Crippen LogP contribution < -0.4 is 10.2 Å². The average molecular weight is 585 g/mol. The SMILES string of the molecule is CC(=O)N(c1cc(C)c(C=CS(=O)(=O)N2CCC3(CC2)N=C(C2CCCCC2)NC3=O)c(C)c1)C1CCC(O)CC1. The normalized spacial score (nSPS) is 25.9. The maximum atomic E-state index is 13.3. The number of aliphatic hydroxyl groups is 1. The molecule has 1 spiro atoms. The molecule has 5 rings (SSSR count). The smallest absolute Gasteiger partial charge is 0.253 e. The monoisotopic (exact) mass is 584 g/mol. The number of nitrogens with one attached hydrogen (secondary N) is 1. The van der Waals surface area contributed by atoms with Crippen LogP contribution in [0.3, 0.4) is 0 Å². The summed E-state index contributed by atoms with van der Waals surface area (Å²) in [7, 11) is -3.69. The number of carbonyl (C=O) groups excluding carboxylic acids is 2. The quantitative estimate of drug-likeness (QED) is 0.519. The Morgan fingerprint density at radius 2 is 1.66 bits per heavy atom. The van der Waals surface area contributed by atoms with Crippen LogP contribution in [0.5, 0.6) is 0 Å². The van der Waals surface area contributed by atoms with Crippen molar-refractivity contribution in [2.45, 2.75) is 109 Å². The first-order valence-corrected chi connectivity index (χ1v) is 16.7. The van der Waals surface area contributed by atoms with Gasteiger partial charge < -0.3 is 15.3 Å². The van der Waals surface area contributed by atoms with Crippen molar-refractivity contribution in [3.63, 3.8) is 0 Å². The lowest BCUT2D eigenvalue weighted by atomic mass is 9.88. The zero-order valence-corrected chi connectivity index (χ0v) is 25.4. The van der Waals surface area contributed by atoms with Gasteiger partial charge in [-0.05, 0) is 100 Å². The predicted octanol–water partition coefficient (Wildman–Crippen LogP) is 4.20. The molecule has 0 unspecified atom stereocenters. The highest BCUT2D eigenvalue weighted by Crippen LogP contribution is 2.35. The molecule has 3 fully saturated rings. The molecular formula is C31H44N4O5S. The van der Waals surface area contributed by atoms with Crippen molar-refractivity contribution in [3.8, 4) is 0 Å². The van der Waals surface area contributed by atoms with Crippen LogP contribution in [-0.2, 0) is 19.6 Å². The molecule has 224 valence electrons. The van der Waals surface area contributed by atoms with Gasteiger partial charge in [-0.1, -0.05) is 19.3 Å². The van der Waals surface area contributed by atoms with Gasteiger partial charge >= 0.3 is 0 Å². The molecular weight excluding hydrogens is 540 g/mol. The van der Waals surface area contributed by atoms with Gasteiger partial charge in [0, 0.05) is 43.1 Å². The number of anilines is 1. The number of amides is 2. The van der Waals surface area contributed by atoms with Crippen molar-refractivity contribution in [2.24, 2.45) is 10.9 Å². The van der Waals surface area contributed by atoms with Crippen LogP contribution in [0.2, 0.25) is 0 Å². The number of carbonyl (C=O) groups is 2. The zero-order valence-electron chi connectivity index (χ0n) is 24.6. The van der Waals surface area contributed by atoms with Crippen LogP contribution in [0, 0.1) is 19.8 Å². The summed E-state index contributed by atoms with van der Waals surface area (Å²) in [5, 5.41) is 14.2. The lowest BCUT2D eigenvalue weighted by Crippen LogP contribution is -2.50. The van der Waals surface area contributed by atoms with E-state index < -0.39 is 15.6 Å². The van der Waals surface area contributed by atoms with Gasteiger partial charge in [0.2, 0.25) is 15.9 Å². The van der Waals surface area contributed by atoms with E-state index in [1.807, 2.05) is 30.9 Å². The first kappa shape index (κ1) is 29.9. The summed E-state index contributed by atoms with van der Waals surface area (Å²) >= 11 is 0. The topological polar surface area (TPSA) is 119 Å². The highest BCUT2D eigenvalue weighted by Gasteiger charge is 2.48. The minimum atomic E-state index is -3.69. The molecule has 2 aliphatic heterocycles. The summed E-state index contributed by atoms with van der Waals surface area (Å²) in [6.45, 7) is 5.92. The number of amidine groups is 1. The summed E-state index contributed by atoms with van der Waals surface area (Å²) < 4.78 is 28.1. The van der Waals surface area contributed by atoms with Crippen LogP contribution in [0.4, 0.5) is 5.69 Å².